The molecule has 0 aliphatic heterocycles. The summed E-state index contributed by atoms with van der Waals surface area (Å²) in [6, 6.07) is 1.93. The Morgan fingerprint density at radius 2 is 2.27 bits per heavy atom. The highest BCUT2D eigenvalue weighted by atomic mass is 15.3. The fourth-order valence-electron chi connectivity index (χ4n) is 1.09. The SMILES string of the molecule is CC(C)(CCN)n1cccn1. The van der Waals surface area contributed by atoms with Crippen LogP contribution in [-0.4, -0.2) is 16.3 Å². The predicted molar refractivity (Wildman–Crippen MR) is 45.2 cm³/mol. The van der Waals surface area contributed by atoms with Crippen LogP contribution in [0.2, 0.25) is 0 Å². The minimum absolute atomic E-state index is 0.0538. The maximum absolute atomic E-state index is 5.48. The fraction of sp³-hybridized carbons (Fsp3) is 0.625. The second-order valence-corrected chi connectivity index (χ2v) is 3.30. The van der Waals surface area contributed by atoms with Gasteiger partial charge in [0.05, 0.1) is 5.54 Å². The average Bonchev–Trinajstić information content (AvgIpc) is 2.37. The molecule has 0 atom stereocenters. The Kier molecular flexibility index (Phi) is 2.29. The summed E-state index contributed by atoms with van der Waals surface area (Å²) >= 11 is 0. The summed E-state index contributed by atoms with van der Waals surface area (Å²) in [5.41, 5.74) is 5.53. The van der Waals surface area contributed by atoms with Crippen molar-refractivity contribution < 1.29 is 0 Å². The van der Waals surface area contributed by atoms with E-state index in [2.05, 4.69) is 18.9 Å². The molecule has 0 amide bonds. The molecular weight excluding hydrogens is 138 g/mol. The van der Waals surface area contributed by atoms with Crippen LogP contribution in [-0.2, 0) is 5.54 Å². The molecule has 0 spiro atoms. The van der Waals surface area contributed by atoms with E-state index in [1.807, 2.05) is 16.9 Å². The van der Waals surface area contributed by atoms with Crippen molar-refractivity contribution in [3.63, 3.8) is 0 Å². The molecule has 1 heterocycles. The van der Waals surface area contributed by atoms with Crippen LogP contribution >= 0.6 is 0 Å². The van der Waals surface area contributed by atoms with Gasteiger partial charge in [0.25, 0.3) is 0 Å². The van der Waals surface area contributed by atoms with Crippen LogP contribution in [0.4, 0.5) is 0 Å². The molecule has 0 fully saturated rings. The maximum atomic E-state index is 5.48. The van der Waals surface area contributed by atoms with Gasteiger partial charge in [-0.2, -0.15) is 5.10 Å². The van der Waals surface area contributed by atoms with Crippen molar-refractivity contribution in [3.05, 3.63) is 18.5 Å². The van der Waals surface area contributed by atoms with Crippen molar-refractivity contribution in [2.75, 3.05) is 6.54 Å². The van der Waals surface area contributed by atoms with E-state index < -0.39 is 0 Å². The van der Waals surface area contributed by atoms with Crippen molar-refractivity contribution in [2.24, 2.45) is 5.73 Å². The molecule has 0 bridgehead atoms. The Morgan fingerprint density at radius 1 is 1.55 bits per heavy atom. The van der Waals surface area contributed by atoms with E-state index in [9.17, 15) is 0 Å². The van der Waals surface area contributed by atoms with E-state index in [1.54, 1.807) is 6.20 Å². The first-order chi connectivity index (χ1) is 5.17. The van der Waals surface area contributed by atoms with Gasteiger partial charge in [0.1, 0.15) is 0 Å². The first kappa shape index (κ1) is 8.27. The smallest absolute Gasteiger partial charge is 0.0583 e. The Balaban J connectivity index is 2.73. The largest absolute Gasteiger partial charge is 0.330 e. The fourth-order valence-corrected chi connectivity index (χ4v) is 1.09. The summed E-state index contributed by atoms with van der Waals surface area (Å²) < 4.78 is 1.94. The minimum Gasteiger partial charge on any atom is -0.330 e. The molecule has 0 saturated carbocycles. The summed E-state index contributed by atoms with van der Waals surface area (Å²) in [6.45, 7) is 4.96. The number of hydrogen-bond donors (Lipinski definition) is 1. The zero-order valence-corrected chi connectivity index (χ0v) is 7.12. The first-order valence-corrected chi connectivity index (χ1v) is 3.87. The molecule has 0 unspecified atom stereocenters. The standard InChI is InChI=1S/C8H15N3/c1-8(2,4-5-9)11-7-3-6-10-11/h3,6-7H,4-5,9H2,1-2H3. The van der Waals surface area contributed by atoms with Gasteiger partial charge in [0.2, 0.25) is 0 Å². The topological polar surface area (TPSA) is 43.8 Å². The second-order valence-electron chi connectivity index (χ2n) is 3.30. The molecule has 0 saturated heterocycles. The van der Waals surface area contributed by atoms with E-state index in [0.717, 1.165) is 6.42 Å². The van der Waals surface area contributed by atoms with Crippen molar-refractivity contribution in [1.82, 2.24) is 9.78 Å². The third kappa shape index (κ3) is 1.80. The number of nitrogens with zero attached hydrogens (tertiary/aromatic N) is 2. The van der Waals surface area contributed by atoms with E-state index in [1.165, 1.54) is 0 Å². The van der Waals surface area contributed by atoms with Crippen molar-refractivity contribution >= 4 is 0 Å². The minimum atomic E-state index is 0.0538. The van der Waals surface area contributed by atoms with Crippen LogP contribution in [0.1, 0.15) is 20.3 Å². The van der Waals surface area contributed by atoms with Gasteiger partial charge in [-0.25, -0.2) is 0 Å². The molecule has 0 aliphatic rings. The third-order valence-electron chi connectivity index (χ3n) is 1.88. The predicted octanol–water partition coefficient (Wildman–Crippen LogP) is 0.967. The molecule has 3 nitrogen and oxygen atoms in total. The molecule has 0 radical (unpaired) electrons. The molecule has 1 aromatic heterocycles. The molecule has 3 heteroatoms. The highest BCUT2D eigenvalue weighted by molar-refractivity contribution is 4.85. The van der Waals surface area contributed by atoms with Gasteiger partial charge in [0.15, 0.2) is 0 Å². The molecule has 2 N–H and O–H groups in total. The van der Waals surface area contributed by atoms with Crippen molar-refractivity contribution in [3.8, 4) is 0 Å². The lowest BCUT2D eigenvalue weighted by Gasteiger charge is -2.24. The van der Waals surface area contributed by atoms with Gasteiger partial charge in [-0.05, 0) is 32.9 Å². The van der Waals surface area contributed by atoms with Gasteiger partial charge in [0, 0.05) is 12.4 Å². The lowest BCUT2D eigenvalue weighted by Crippen LogP contribution is -2.29. The normalized spacial score (nSPS) is 11.9. The van der Waals surface area contributed by atoms with E-state index in [0.29, 0.717) is 6.54 Å². The summed E-state index contributed by atoms with van der Waals surface area (Å²) in [5.74, 6) is 0. The summed E-state index contributed by atoms with van der Waals surface area (Å²) in [4.78, 5) is 0. The number of nitrogens with two attached hydrogens (primary N) is 1. The van der Waals surface area contributed by atoms with Crippen LogP contribution < -0.4 is 5.73 Å². The highest BCUT2D eigenvalue weighted by Crippen LogP contribution is 2.16. The quantitative estimate of drug-likeness (QED) is 0.703. The Morgan fingerprint density at radius 3 is 2.73 bits per heavy atom. The molecular formula is C8H15N3. The summed E-state index contributed by atoms with van der Waals surface area (Å²) in [7, 11) is 0. The summed E-state index contributed by atoms with van der Waals surface area (Å²) in [5, 5.41) is 4.17. The molecule has 1 rings (SSSR count). The highest BCUT2D eigenvalue weighted by Gasteiger charge is 2.18. The van der Waals surface area contributed by atoms with Gasteiger partial charge in [-0.15, -0.1) is 0 Å². The van der Waals surface area contributed by atoms with Gasteiger partial charge < -0.3 is 5.73 Å². The number of rotatable bonds is 3. The lowest BCUT2D eigenvalue weighted by molar-refractivity contribution is 0.300. The Bertz CT molecular complexity index is 201. The molecule has 1 aromatic rings. The second kappa shape index (κ2) is 3.05. The molecule has 0 aromatic carbocycles. The van der Waals surface area contributed by atoms with Gasteiger partial charge >= 0.3 is 0 Å². The van der Waals surface area contributed by atoms with Crippen LogP contribution in [0.15, 0.2) is 18.5 Å². The average molecular weight is 153 g/mol. The van der Waals surface area contributed by atoms with Crippen LogP contribution in [0.3, 0.4) is 0 Å². The maximum Gasteiger partial charge on any atom is 0.0583 e. The van der Waals surface area contributed by atoms with Gasteiger partial charge in [-0.3, -0.25) is 4.68 Å². The van der Waals surface area contributed by atoms with Crippen LogP contribution in [0, 0.1) is 0 Å². The zero-order chi connectivity index (χ0) is 8.32. The Labute approximate surface area is 67.2 Å². The van der Waals surface area contributed by atoms with Crippen molar-refractivity contribution in [1.29, 1.82) is 0 Å². The van der Waals surface area contributed by atoms with E-state index in [-0.39, 0.29) is 5.54 Å². The molecule has 62 valence electrons. The number of hydrogen-bond acceptors (Lipinski definition) is 2. The number of aromatic nitrogens is 2. The molecule has 11 heavy (non-hydrogen) atoms. The van der Waals surface area contributed by atoms with Crippen LogP contribution in [0.25, 0.3) is 0 Å². The van der Waals surface area contributed by atoms with Crippen LogP contribution in [0.5, 0.6) is 0 Å². The van der Waals surface area contributed by atoms with Gasteiger partial charge in [-0.1, -0.05) is 0 Å². The third-order valence-corrected chi connectivity index (χ3v) is 1.88. The van der Waals surface area contributed by atoms with E-state index in [4.69, 9.17) is 5.73 Å². The lowest BCUT2D eigenvalue weighted by atomic mass is 10.0. The summed E-state index contributed by atoms with van der Waals surface area (Å²) in [6.07, 6.45) is 4.71. The van der Waals surface area contributed by atoms with Crippen molar-refractivity contribution in [2.45, 2.75) is 25.8 Å². The first-order valence-electron chi connectivity index (χ1n) is 3.87. The molecule has 0 aliphatic carbocycles. The zero-order valence-electron chi connectivity index (χ0n) is 7.12. The van der Waals surface area contributed by atoms with E-state index >= 15 is 0 Å². The monoisotopic (exact) mass is 153 g/mol. The Hall–Kier alpha value is -0.830.